The highest BCUT2D eigenvalue weighted by Gasteiger charge is 2.20. The second-order valence-electron chi connectivity index (χ2n) is 5.12. The number of esters is 1. The number of hydrogen-bond acceptors (Lipinski definition) is 4. The summed E-state index contributed by atoms with van der Waals surface area (Å²) in [6.45, 7) is 4.53. The van der Waals surface area contributed by atoms with Crippen molar-refractivity contribution in [3.05, 3.63) is 23.9 Å². The molecule has 1 heterocycles. The predicted octanol–water partition coefficient (Wildman–Crippen LogP) is 3.93. The Hall–Kier alpha value is -1.03. The predicted molar refractivity (Wildman–Crippen MR) is 77.5 cm³/mol. The summed E-state index contributed by atoms with van der Waals surface area (Å²) in [4.78, 5) is 15.9. The molecule has 0 radical (unpaired) electrons. The molecule has 2 unspecified atom stereocenters. The number of aromatic nitrogens is 1. The van der Waals surface area contributed by atoms with Gasteiger partial charge in [0.15, 0.2) is 0 Å². The summed E-state index contributed by atoms with van der Waals surface area (Å²) in [5.41, 5.74) is 0.531. The highest BCUT2D eigenvalue weighted by molar-refractivity contribution is 7.99. The first kappa shape index (κ1) is 14.4. The lowest BCUT2D eigenvalue weighted by Crippen LogP contribution is -2.15. The van der Waals surface area contributed by atoms with E-state index in [9.17, 15) is 4.79 Å². The molecule has 104 valence electrons. The lowest BCUT2D eigenvalue weighted by molar-refractivity contribution is 0.0525. The minimum atomic E-state index is -0.294. The van der Waals surface area contributed by atoms with E-state index in [4.69, 9.17) is 4.74 Å². The third-order valence-electron chi connectivity index (χ3n) is 3.42. The van der Waals surface area contributed by atoms with Crippen molar-refractivity contribution in [2.45, 2.75) is 49.8 Å². The summed E-state index contributed by atoms with van der Waals surface area (Å²) in [6, 6.07) is 3.73. The number of carbonyl (C=O) groups excluding carboxylic acids is 1. The van der Waals surface area contributed by atoms with E-state index in [1.807, 2.05) is 17.8 Å². The van der Waals surface area contributed by atoms with Gasteiger partial charge in [-0.15, -0.1) is 11.8 Å². The van der Waals surface area contributed by atoms with Crippen LogP contribution in [-0.4, -0.2) is 22.8 Å². The fourth-order valence-corrected chi connectivity index (χ4v) is 3.75. The van der Waals surface area contributed by atoms with Crippen LogP contribution in [0.2, 0.25) is 0 Å². The van der Waals surface area contributed by atoms with E-state index in [1.54, 1.807) is 19.2 Å². The zero-order chi connectivity index (χ0) is 13.7. The Bertz CT molecular complexity index is 419. The van der Waals surface area contributed by atoms with Crippen LogP contribution in [0.15, 0.2) is 23.4 Å². The Morgan fingerprint density at radius 3 is 2.95 bits per heavy atom. The van der Waals surface area contributed by atoms with Crippen molar-refractivity contribution in [3.63, 3.8) is 0 Å². The average molecular weight is 279 g/mol. The van der Waals surface area contributed by atoms with Crippen LogP contribution in [-0.2, 0) is 4.74 Å². The Labute approximate surface area is 119 Å². The molecule has 1 aromatic heterocycles. The molecule has 1 aliphatic rings. The lowest BCUT2D eigenvalue weighted by atomic mass is 9.91. The Balaban J connectivity index is 1.93. The van der Waals surface area contributed by atoms with Gasteiger partial charge >= 0.3 is 5.97 Å². The molecule has 1 fully saturated rings. The van der Waals surface area contributed by atoms with Gasteiger partial charge in [-0.1, -0.05) is 19.8 Å². The van der Waals surface area contributed by atoms with E-state index in [-0.39, 0.29) is 5.97 Å². The van der Waals surface area contributed by atoms with Crippen LogP contribution in [0, 0.1) is 5.92 Å². The summed E-state index contributed by atoms with van der Waals surface area (Å²) in [5.74, 6) is 0.530. The van der Waals surface area contributed by atoms with Crippen LogP contribution in [0.25, 0.3) is 0 Å². The van der Waals surface area contributed by atoms with Crippen molar-refractivity contribution in [1.29, 1.82) is 0 Å². The SMILES string of the molecule is CCOC(=O)c1ccc(SC2CCCC(C)C2)nc1. The lowest BCUT2D eigenvalue weighted by Gasteiger charge is -2.25. The molecule has 19 heavy (non-hydrogen) atoms. The van der Waals surface area contributed by atoms with E-state index in [1.165, 1.54) is 25.7 Å². The normalized spacial score (nSPS) is 23.1. The molecular weight excluding hydrogens is 258 g/mol. The van der Waals surface area contributed by atoms with E-state index in [0.29, 0.717) is 17.4 Å². The summed E-state index contributed by atoms with van der Waals surface area (Å²) in [5, 5.41) is 1.68. The molecule has 0 N–H and O–H groups in total. The first-order chi connectivity index (χ1) is 9.19. The highest BCUT2D eigenvalue weighted by Crippen LogP contribution is 2.35. The maximum absolute atomic E-state index is 11.5. The number of nitrogens with zero attached hydrogens (tertiary/aromatic N) is 1. The molecule has 4 heteroatoms. The van der Waals surface area contributed by atoms with Gasteiger partial charge in [-0.3, -0.25) is 0 Å². The average Bonchev–Trinajstić information content (AvgIpc) is 2.40. The Morgan fingerprint density at radius 1 is 1.47 bits per heavy atom. The number of rotatable bonds is 4. The van der Waals surface area contributed by atoms with Gasteiger partial charge in [0, 0.05) is 11.4 Å². The number of pyridine rings is 1. The fourth-order valence-electron chi connectivity index (χ4n) is 2.44. The summed E-state index contributed by atoms with van der Waals surface area (Å²) >= 11 is 1.84. The molecule has 2 atom stereocenters. The summed E-state index contributed by atoms with van der Waals surface area (Å²) in [7, 11) is 0. The number of thioether (sulfide) groups is 1. The van der Waals surface area contributed by atoms with Crippen molar-refractivity contribution in [2.75, 3.05) is 6.61 Å². The maximum atomic E-state index is 11.5. The van der Waals surface area contributed by atoms with E-state index in [0.717, 1.165) is 10.9 Å². The molecule has 0 aromatic carbocycles. The first-order valence-electron chi connectivity index (χ1n) is 6.99. The van der Waals surface area contributed by atoms with Crippen molar-refractivity contribution in [3.8, 4) is 0 Å². The fraction of sp³-hybridized carbons (Fsp3) is 0.600. The zero-order valence-corrected chi connectivity index (χ0v) is 12.4. The minimum absolute atomic E-state index is 0.294. The molecule has 0 amide bonds. The van der Waals surface area contributed by atoms with E-state index >= 15 is 0 Å². The quantitative estimate of drug-likeness (QED) is 0.783. The standard InChI is InChI=1S/C15H21NO2S/c1-3-18-15(17)12-7-8-14(16-10-12)19-13-6-4-5-11(2)9-13/h7-8,10-11,13H,3-6,9H2,1-2H3. The molecule has 1 saturated carbocycles. The molecular formula is C15H21NO2S. The molecule has 0 spiro atoms. The largest absolute Gasteiger partial charge is 0.462 e. The first-order valence-corrected chi connectivity index (χ1v) is 7.87. The van der Waals surface area contributed by atoms with Crippen LogP contribution in [0.5, 0.6) is 0 Å². The topological polar surface area (TPSA) is 39.2 Å². The van der Waals surface area contributed by atoms with E-state index in [2.05, 4.69) is 11.9 Å². The number of carbonyl (C=O) groups is 1. The molecule has 3 nitrogen and oxygen atoms in total. The van der Waals surface area contributed by atoms with Gasteiger partial charge < -0.3 is 4.74 Å². The third kappa shape index (κ3) is 4.23. The van der Waals surface area contributed by atoms with Crippen molar-refractivity contribution >= 4 is 17.7 Å². The van der Waals surface area contributed by atoms with Gasteiger partial charge in [-0.25, -0.2) is 9.78 Å². The maximum Gasteiger partial charge on any atom is 0.339 e. The van der Waals surface area contributed by atoms with Crippen LogP contribution in [0.3, 0.4) is 0 Å². The molecule has 0 aliphatic heterocycles. The number of ether oxygens (including phenoxy) is 1. The second kappa shape index (κ2) is 6.94. The summed E-state index contributed by atoms with van der Waals surface area (Å²) < 4.78 is 4.95. The summed E-state index contributed by atoms with van der Waals surface area (Å²) in [6.07, 6.45) is 6.83. The van der Waals surface area contributed by atoms with Gasteiger partial charge in [0.25, 0.3) is 0 Å². The van der Waals surface area contributed by atoms with Crippen LogP contribution >= 0.6 is 11.8 Å². The zero-order valence-electron chi connectivity index (χ0n) is 11.6. The Kier molecular flexibility index (Phi) is 5.25. The van der Waals surface area contributed by atoms with Gasteiger partial charge in [-0.05, 0) is 37.8 Å². The van der Waals surface area contributed by atoms with Crippen molar-refractivity contribution in [1.82, 2.24) is 4.98 Å². The molecule has 0 saturated heterocycles. The highest BCUT2D eigenvalue weighted by atomic mass is 32.2. The smallest absolute Gasteiger partial charge is 0.339 e. The van der Waals surface area contributed by atoms with E-state index < -0.39 is 0 Å². The van der Waals surface area contributed by atoms with Gasteiger partial charge in [0.1, 0.15) is 0 Å². The number of hydrogen-bond donors (Lipinski definition) is 0. The van der Waals surface area contributed by atoms with Gasteiger partial charge in [-0.2, -0.15) is 0 Å². The van der Waals surface area contributed by atoms with Crippen molar-refractivity contribution < 1.29 is 9.53 Å². The van der Waals surface area contributed by atoms with Crippen LogP contribution in [0.1, 0.15) is 49.9 Å². The second-order valence-corrected chi connectivity index (χ2v) is 6.44. The molecule has 1 aromatic rings. The minimum Gasteiger partial charge on any atom is -0.462 e. The molecule has 1 aliphatic carbocycles. The molecule has 2 rings (SSSR count). The van der Waals surface area contributed by atoms with Gasteiger partial charge in [0.2, 0.25) is 0 Å². The van der Waals surface area contributed by atoms with Crippen LogP contribution < -0.4 is 0 Å². The Morgan fingerprint density at radius 2 is 2.32 bits per heavy atom. The van der Waals surface area contributed by atoms with Gasteiger partial charge in [0.05, 0.1) is 17.2 Å². The van der Waals surface area contributed by atoms with Crippen molar-refractivity contribution in [2.24, 2.45) is 5.92 Å². The monoisotopic (exact) mass is 279 g/mol. The third-order valence-corrected chi connectivity index (χ3v) is 4.67. The van der Waals surface area contributed by atoms with Crippen LogP contribution in [0.4, 0.5) is 0 Å². The molecule has 0 bridgehead atoms.